The minimum atomic E-state index is 0.0274. The van der Waals surface area contributed by atoms with Gasteiger partial charge in [0.2, 0.25) is 0 Å². The first kappa shape index (κ1) is 12.2. The highest BCUT2D eigenvalue weighted by Gasteiger charge is 2.25. The molecular formula is C15H15NO2S. The lowest BCUT2D eigenvalue weighted by atomic mass is 10.0. The summed E-state index contributed by atoms with van der Waals surface area (Å²) in [6.07, 6.45) is 3.16. The van der Waals surface area contributed by atoms with Crippen molar-refractivity contribution in [3.8, 4) is 5.75 Å². The van der Waals surface area contributed by atoms with Crippen LogP contribution >= 0.6 is 11.3 Å². The number of nitrogens with two attached hydrogens (primary N) is 1. The minimum absolute atomic E-state index is 0.0274. The molecule has 0 fully saturated rings. The normalized spacial score (nSPS) is 13.3. The molecule has 98 valence electrons. The van der Waals surface area contributed by atoms with E-state index in [2.05, 4.69) is 0 Å². The zero-order valence-electron chi connectivity index (χ0n) is 10.7. The molecule has 0 radical (unpaired) electrons. The number of aryl methyl sites for hydroxylation is 1. The molecule has 3 nitrogen and oxygen atoms in total. The fourth-order valence-electron chi connectivity index (χ4n) is 2.56. The summed E-state index contributed by atoms with van der Waals surface area (Å²) in [5, 5.41) is 0.658. The van der Waals surface area contributed by atoms with Crippen LogP contribution in [0.5, 0.6) is 5.75 Å². The van der Waals surface area contributed by atoms with E-state index in [1.165, 1.54) is 10.4 Å². The van der Waals surface area contributed by atoms with Gasteiger partial charge in [-0.15, -0.1) is 11.3 Å². The predicted octanol–water partition coefficient (Wildman–Crippen LogP) is 3.06. The number of thiophene rings is 1. The molecule has 0 spiro atoms. The zero-order valence-corrected chi connectivity index (χ0v) is 11.5. The van der Waals surface area contributed by atoms with Crippen LogP contribution in [0.3, 0.4) is 0 Å². The monoisotopic (exact) mass is 273 g/mol. The number of hydrogen-bond donors (Lipinski definition) is 1. The van der Waals surface area contributed by atoms with Crippen LogP contribution in [0, 0.1) is 0 Å². The van der Waals surface area contributed by atoms with Gasteiger partial charge < -0.3 is 10.5 Å². The molecule has 0 saturated heterocycles. The Morgan fingerprint density at radius 1 is 1.26 bits per heavy atom. The van der Waals surface area contributed by atoms with Crippen molar-refractivity contribution in [2.45, 2.75) is 19.3 Å². The quantitative estimate of drug-likeness (QED) is 0.874. The second kappa shape index (κ2) is 4.70. The fraction of sp³-hybridized carbons (Fsp3) is 0.267. The Morgan fingerprint density at radius 2 is 2.00 bits per heavy atom. The third-order valence-electron chi connectivity index (χ3n) is 3.53. The van der Waals surface area contributed by atoms with Crippen LogP contribution in [0.25, 0.3) is 0 Å². The highest BCUT2D eigenvalue weighted by Crippen LogP contribution is 2.38. The molecule has 1 aromatic heterocycles. The summed E-state index contributed by atoms with van der Waals surface area (Å²) in [6, 6.07) is 7.19. The molecule has 0 bridgehead atoms. The number of rotatable bonds is 3. The molecule has 1 heterocycles. The van der Waals surface area contributed by atoms with Crippen molar-refractivity contribution in [1.82, 2.24) is 0 Å². The number of ether oxygens (including phenoxy) is 1. The molecular weight excluding hydrogens is 258 g/mol. The Hall–Kier alpha value is -1.81. The molecule has 1 aromatic carbocycles. The Morgan fingerprint density at radius 3 is 2.68 bits per heavy atom. The number of carbonyl (C=O) groups excluding carboxylic acids is 1. The van der Waals surface area contributed by atoms with E-state index in [0.29, 0.717) is 10.6 Å². The standard InChI is InChI=1S/C15H15NO2S/c1-18-10-7-5-9(6-8-10)14(17)13-11-3-2-4-12(11)19-15(13)16/h5-8H,2-4,16H2,1H3. The second-order valence-corrected chi connectivity index (χ2v) is 5.79. The summed E-state index contributed by atoms with van der Waals surface area (Å²) in [6.45, 7) is 0. The maximum absolute atomic E-state index is 12.6. The molecule has 0 saturated carbocycles. The van der Waals surface area contributed by atoms with Gasteiger partial charge in [0, 0.05) is 10.4 Å². The molecule has 0 unspecified atom stereocenters. The van der Waals surface area contributed by atoms with Crippen molar-refractivity contribution in [3.05, 3.63) is 45.8 Å². The highest BCUT2D eigenvalue weighted by atomic mass is 32.1. The Balaban J connectivity index is 1.99. The molecule has 4 heteroatoms. The van der Waals surface area contributed by atoms with E-state index >= 15 is 0 Å². The average molecular weight is 273 g/mol. The lowest BCUT2D eigenvalue weighted by molar-refractivity contribution is 0.103. The van der Waals surface area contributed by atoms with Gasteiger partial charge in [0.25, 0.3) is 0 Å². The molecule has 1 aliphatic rings. The van der Waals surface area contributed by atoms with Gasteiger partial charge in [0.15, 0.2) is 5.78 Å². The summed E-state index contributed by atoms with van der Waals surface area (Å²) in [4.78, 5) is 13.9. The number of benzene rings is 1. The smallest absolute Gasteiger partial charge is 0.196 e. The third-order valence-corrected chi connectivity index (χ3v) is 4.65. The van der Waals surface area contributed by atoms with Crippen molar-refractivity contribution >= 4 is 22.1 Å². The van der Waals surface area contributed by atoms with E-state index in [4.69, 9.17) is 10.5 Å². The van der Waals surface area contributed by atoms with Crippen LogP contribution < -0.4 is 10.5 Å². The molecule has 0 amide bonds. The molecule has 0 aliphatic heterocycles. The Bertz CT molecular complexity index is 628. The van der Waals surface area contributed by atoms with Crippen molar-refractivity contribution in [2.75, 3.05) is 12.8 Å². The first-order chi connectivity index (χ1) is 9.20. The van der Waals surface area contributed by atoms with E-state index in [-0.39, 0.29) is 5.78 Å². The van der Waals surface area contributed by atoms with Gasteiger partial charge in [-0.2, -0.15) is 0 Å². The number of carbonyl (C=O) groups is 1. The minimum Gasteiger partial charge on any atom is -0.497 e. The van der Waals surface area contributed by atoms with E-state index in [1.54, 1.807) is 42.7 Å². The van der Waals surface area contributed by atoms with Crippen molar-refractivity contribution in [1.29, 1.82) is 0 Å². The SMILES string of the molecule is COc1ccc(C(=O)c2c(N)sc3c2CCC3)cc1. The van der Waals surface area contributed by atoms with Crippen LogP contribution in [0.4, 0.5) is 5.00 Å². The molecule has 0 atom stereocenters. The summed E-state index contributed by atoms with van der Waals surface area (Å²) in [7, 11) is 1.61. The Labute approximate surface area is 116 Å². The van der Waals surface area contributed by atoms with Crippen molar-refractivity contribution in [3.63, 3.8) is 0 Å². The topological polar surface area (TPSA) is 52.3 Å². The molecule has 3 rings (SSSR count). The van der Waals surface area contributed by atoms with Crippen LogP contribution in [0.2, 0.25) is 0 Å². The lowest BCUT2D eigenvalue weighted by Gasteiger charge is -2.04. The second-order valence-electron chi connectivity index (χ2n) is 4.65. The van der Waals surface area contributed by atoms with Crippen LogP contribution in [0.15, 0.2) is 24.3 Å². The van der Waals surface area contributed by atoms with Gasteiger partial charge in [-0.25, -0.2) is 0 Å². The summed E-state index contributed by atoms with van der Waals surface area (Å²) < 4.78 is 5.10. The summed E-state index contributed by atoms with van der Waals surface area (Å²) in [5.41, 5.74) is 8.58. The summed E-state index contributed by atoms with van der Waals surface area (Å²) >= 11 is 1.57. The fourth-order valence-corrected chi connectivity index (χ4v) is 3.72. The van der Waals surface area contributed by atoms with Crippen LogP contribution in [-0.4, -0.2) is 12.9 Å². The van der Waals surface area contributed by atoms with Gasteiger partial charge in [0.1, 0.15) is 5.75 Å². The van der Waals surface area contributed by atoms with Gasteiger partial charge in [0.05, 0.1) is 17.7 Å². The maximum Gasteiger partial charge on any atom is 0.196 e. The lowest BCUT2D eigenvalue weighted by Crippen LogP contribution is -2.05. The molecule has 1 aliphatic carbocycles. The molecule has 19 heavy (non-hydrogen) atoms. The summed E-state index contributed by atoms with van der Waals surface area (Å²) in [5.74, 6) is 0.777. The van der Waals surface area contributed by atoms with Gasteiger partial charge >= 0.3 is 0 Å². The number of nitrogen functional groups attached to an aromatic ring is 1. The molecule has 2 aromatic rings. The first-order valence-electron chi connectivity index (χ1n) is 6.29. The van der Waals surface area contributed by atoms with Crippen LogP contribution in [-0.2, 0) is 12.8 Å². The van der Waals surface area contributed by atoms with Gasteiger partial charge in [-0.3, -0.25) is 4.79 Å². The first-order valence-corrected chi connectivity index (χ1v) is 7.11. The van der Waals surface area contributed by atoms with E-state index < -0.39 is 0 Å². The Kier molecular flexibility index (Phi) is 3.03. The van der Waals surface area contributed by atoms with Crippen molar-refractivity contribution < 1.29 is 9.53 Å². The largest absolute Gasteiger partial charge is 0.497 e. The van der Waals surface area contributed by atoms with Crippen molar-refractivity contribution in [2.24, 2.45) is 0 Å². The highest BCUT2D eigenvalue weighted by molar-refractivity contribution is 7.16. The van der Waals surface area contributed by atoms with E-state index in [1.807, 2.05) is 0 Å². The van der Waals surface area contributed by atoms with E-state index in [9.17, 15) is 4.79 Å². The maximum atomic E-state index is 12.6. The van der Waals surface area contributed by atoms with Crippen LogP contribution in [0.1, 0.15) is 32.8 Å². The molecule has 2 N–H and O–H groups in total. The number of ketones is 1. The zero-order chi connectivity index (χ0) is 13.4. The number of fused-ring (bicyclic) bond motifs is 1. The number of hydrogen-bond acceptors (Lipinski definition) is 4. The van der Waals surface area contributed by atoms with E-state index in [0.717, 1.165) is 30.6 Å². The van der Waals surface area contributed by atoms with Gasteiger partial charge in [-0.1, -0.05) is 0 Å². The number of methoxy groups -OCH3 is 1. The predicted molar refractivity (Wildman–Crippen MR) is 77.2 cm³/mol. The number of anilines is 1. The van der Waals surface area contributed by atoms with Gasteiger partial charge in [-0.05, 0) is 49.1 Å². The third kappa shape index (κ3) is 2.02. The average Bonchev–Trinajstić information content (AvgIpc) is 2.98.